The first-order chi connectivity index (χ1) is 17.9. The van der Waals surface area contributed by atoms with E-state index in [-0.39, 0.29) is 11.3 Å². The normalized spacial score (nSPS) is 10.8. The molecule has 0 aliphatic heterocycles. The van der Waals surface area contributed by atoms with Crippen LogP contribution in [0.15, 0.2) is 88.1 Å². The molecule has 0 aliphatic rings. The Bertz CT molecular complexity index is 1660. The molecule has 3 aromatic carbocycles. The van der Waals surface area contributed by atoms with Gasteiger partial charge in [-0.2, -0.15) is 0 Å². The molecule has 0 aliphatic carbocycles. The standard InChI is InChI=1S/C29H24N4O4/c1-17-13-18(2)31-29(30-17)33-22-6-4-5-20(14-22)28(35)32-21-9-7-19(8-10-21)27-16-25(34)24-15-23(36-3)11-12-26(24)37-27/h4-16H,1-3H3,(H,32,35)(H,30,31,33). The SMILES string of the molecule is COc1ccc2oc(-c3ccc(NC(=O)c4cccc(Nc5nc(C)cc(C)n5)c4)cc3)cc(=O)c2c1. The second-order valence-electron chi connectivity index (χ2n) is 8.55. The predicted molar refractivity (Wildman–Crippen MR) is 144 cm³/mol. The monoisotopic (exact) mass is 492 g/mol. The molecule has 5 rings (SSSR count). The van der Waals surface area contributed by atoms with Crippen molar-refractivity contribution in [2.75, 3.05) is 17.7 Å². The molecule has 184 valence electrons. The summed E-state index contributed by atoms with van der Waals surface area (Å²) in [5.74, 6) is 1.24. The number of amides is 1. The van der Waals surface area contributed by atoms with Gasteiger partial charge in [-0.15, -0.1) is 0 Å². The van der Waals surface area contributed by atoms with E-state index in [1.54, 1.807) is 67.8 Å². The van der Waals surface area contributed by atoms with Crippen LogP contribution in [0.3, 0.4) is 0 Å². The fourth-order valence-corrected chi connectivity index (χ4v) is 3.97. The molecule has 8 heteroatoms. The third-order valence-electron chi connectivity index (χ3n) is 5.72. The zero-order valence-electron chi connectivity index (χ0n) is 20.5. The number of anilines is 3. The molecule has 0 atom stereocenters. The van der Waals surface area contributed by atoms with Crippen molar-refractivity contribution in [3.63, 3.8) is 0 Å². The van der Waals surface area contributed by atoms with E-state index < -0.39 is 0 Å². The van der Waals surface area contributed by atoms with Crippen molar-refractivity contribution in [1.82, 2.24) is 9.97 Å². The molecule has 0 bridgehead atoms. The Balaban J connectivity index is 1.31. The van der Waals surface area contributed by atoms with Crippen LogP contribution < -0.4 is 20.8 Å². The quantitative estimate of drug-likeness (QED) is 0.305. The first-order valence-electron chi connectivity index (χ1n) is 11.6. The maximum Gasteiger partial charge on any atom is 0.255 e. The van der Waals surface area contributed by atoms with Gasteiger partial charge in [-0.05, 0) is 80.6 Å². The van der Waals surface area contributed by atoms with Gasteiger partial charge >= 0.3 is 0 Å². The van der Waals surface area contributed by atoms with Crippen molar-refractivity contribution in [3.8, 4) is 17.1 Å². The number of rotatable bonds is 6. The fraction of sp³-hybridized carbons (Fsp3) is 0.103. The summed E-state index contributed by atoms with van der Waals surface area (Å²) in [5, 5.41) is 6.50. The predicted octanol–water partition coefficient (Wildman–Crippen LogP) is 5.87. The highest BCUT2D eigenvalue weighted by atomic mass is 16.5. The summed E-state index contributed by atoms with van der Waals surface area (Å²) in [6.45, 7) is 3.81. The number of nitrogens with one attached hydrogen (secondary N) is 2. The third-order valence-corrected chi connectivity index (χ3v) is 5.72. The lowest BCUT2D eigenvalue weighted by Gasteiger charge is -2.10. The molecule has 2 N–H and O–H groups in total. The lowest BCUT2D eigenvalue weighted by Crippen LogP contribution is -2.12. The molecule has 8 nitrogen and oxygen atoms in total. The van der Waals surface area contributed by atoms with Gasteiger partial charge in [-0.3, -0.25) is 9.59 Å². The van der Waals surface area contributed by atoms with Crippen LogP contribution in [-0.4, -0.2) is 23.0 Å². The number of nitrogens with zero attached hydrogens (tertiary/aromatic N) is 2. The molecule has 2 aromatic heterocycles. The largest absolute Gasteiger partial charge is 0.497 e. The fourth-order valence-electron chi connectivity index (χ4n) is 3.97. The number of hydrogen-bond acceptors (Lipinski definition) is 7. The summed E-state index contributed by atoms with van der Waals surface area (Å²) in [4.78, 5) is 34.2. The minimum absolute atomic E-state index is 0.160. The summed E-state index contributed by atoms with van der Waals surface area (Å²) in [6, 6.07) is 22.7. The van der Waals surface area contributed by atoms with Crippen LogP contribution >= 0.6 is 0 Å². The number of hydrogen-bond donors (Lipinski definition) is 2. The van der Waals surface area contributed by atoms with Crippen LogP contribution in [0.4, 0.5) is 17.3 Å². The van der Waals surface area contributed by atoms with Crippen LogP contribution in [0, 0.1) is 13.8 Å². The second-order valence-corrected chi connectivity index (χ2v) is 8.55. The number of carbonyl (C=O) groups excluding carboxylic acids is 1. The first kappa shape index (κ1) is 23.7. The Labute approximate surface area is 213 Å². The Morgan fingerprint density at radius 1 is 0.865 bits per heavy atom. The van der Waals surface area contributed by atoms with Crippen LogP contribution in [-0.2, 0) is 0 Å². The van der Waals surface area contributed by atoms with Gasteiger partial charge in [0.05, 0.1) is 12.5 Å². The van der Waals surface area contributed by atoms with Crippen molar-refractivity contribution >= 4 is 34.2 Å². The first-order valence-corrected chi connectivity index (χ1v) is 11.6. The van der Waals surface area contributed by atoms with E-state index >= 15 is 0 Å². The Hall–Kier alpha value is -4.98. The minimum atomic E-state index is -0.260. The van der Waals surface area contributed by atoms with E-state index in [2.05, 4.69) is 20.6 Å². The van der Waals surface area contributed by atoms with Crippen LogP contribution in [0.5, 0.6) is 5.75 Å². The van der Waals surface area contributed by atoms with Crippen molar-refractivity contribution < 1.29 is 13.9 Å². The lowest BCUT2D eigenvalue weighted by atomic mass is 10.1. The van der Waals surface area contributed by atoms with E-state index in [4.69, 9.17) is 9.15 Å². The van der Waals surface area contributed by atoms with Crippen molar-refractivity contribution in [2.24, 2.45) is 0 Å². The highest BCUT2D eigenvalue weighted by Crippen LogP contribution is 2.26. The molecule has 0 unspecified atom stereocenters. The molecule has 0 fully saturated rings. The number of fused-ring (bicyclic) bond motifs is 1. The number of benzene rings is 3. The van der Waals surface area contributed by atoms with Gasteiger partial charge in [-0.1, -0.05) is 6.07 Å². The summed E-state index contributed by atoms with van der Waals surface area (Å²) >= 11 is 0. The van der Waals surface area contributed by atoms with Gasteiger partial charge in [0.15, 0.2) is 5.43 Å². The number of methoxy groups -OCH3 is 1. The summed E-state index contributed by atoms with van der Waals surface area (Å²) < 4.78 is 11.1. The summed E-state index contributed by atoms with van der Waals surface area (Å²) in [7, 11) is 1.55. The van der Waals surface area contributed by atoms with Crippen LogP contribution in [0.1, 0.15) is 21.7 Å². The number of carbonyl (C=O) groups is 1. The zero-order valence-corrected chi connectivity index (χ0v) is 20.5. The molecular formula is C29H24N4O4. The van der Waals surface area contributed by atoms with E-state index in [1.165, 1.54) is 6.07 Å². The maximum atomic E-state index is 12.9. The van der Waals surface area contributed by atoms with Gasteiger partial charge in [0.25, 0.3) is 5.91 Å². The third kappa shape index (κ3) is 5.33. The second kappa shape index (κ2) is 9.94. The molecular weight excluding hydrogens is 468 g/mol. The van der Waals surface area contributed by atoms with Gasteiger partial charge in [0.2, 0.25) is 5.95 Å². The molecule has 0 spiro atoms. The number of ether oxygens (including phenoxy) is 1. The molecule has 37 heavy (non-hydrogen) atoms. The number of aryl methyl sites for hydroxylation is 2. The molecule has 0 saturated heterocycles. The average molecular weight is 493 g/mol. The summed E-state index contributed by atoms with van der Waals surface area (Å²) in [5.41, 5.74) is 4.54. The average Bonchev–Trinajstić information content (AvgIpc) is 2.88. The van der Waals surface area contributed by atoms with E-state index in [0.29, 0.717) is 50.9 Å². The minimum Gasteiger partial charge on any atom is -0.497 e. The molecule has 2 heterocycles. The topological polar surface area (TPSA) is 106 Å². The van der Waals surface area contributed by atoms with E-state index in [0.717, 1.165) is 11.4 Å². The lowest BCUT2D eigenvalue weighted by molar-refractivity contribution is 0.102. The van der Waals surface area contributed by atoms with Crippen molar-refractivity contribution in [3.05, 3.63) is 106 Å². The molecule has 1 amide bonds. The van der Waals surface area contributed by atoms with Crippen LogP contribution in [0.2, 0.25) is 0 Å². The van der Waals surface area contributed by atoms with Gasteiger partial charge in [0.1, 0.15) is 17.1 Å². The Morgan fingerprint density at radius 3 is 2.35 bits per heavy atom. The Kier molecular flexibility index (Phi) is 6.38. The van der Waals surface area contributed by atoms with Gasteiger partial charge in [0, 0.05) is 40.0 Å². The van der Waals surface area contributed by atoms with Crippen LogP contribution in [0.25, 0.3) is 22.3 Å². The smallest absolute Gasteiger partial charge is 0.255 e. The molecule has 0 saturated carbocycles. The van der Waals surface area contributed by atoms with Crippen molar-refractivity contribution in [1.29, 1.82) is 0 Å². The van der Waals surface area contributed by atoms with Gasteiger partial charge in [-0.25, -0.2) is 9.97 Å². The molecule has 5 aromatic rings. The number of aromatic nitrogens is 2. The highest BCUT2D eigenvalue weighted by Gasteiger charge is 2.11. The maximum absolute atomic E-state index is 12.9. The van der Waals surface area contributed by atoms with Gasteiger partial charge < -0.3 is 19.8 Å². The van der Waals surface area contributed by atoms with Crippen molar-refractivity contribution in [2.45, 2.75) is 13.8 Å². The molecule has 0 radical (unpaired) electrons. The zero-order chi connectivity index (χ0) is 25.9. The highest BCUT2D eigenvalue weighted by molar-refractivity contribution is 6.05. The van der Waals surface area contributed by atoms with E-state index in [1.807, 2.05) is 26.0 Å². The Morgan fingerprint density at radius 2 is 1.62 bits per heavy atom. The van der Waals surface area contributed by atoms with E-state index in [9.17, 15) is 9.59 Å². The summed E-state index contributed by atoms with van der Waals surface area (Å²) in [6.07, 6.45) is 0.